The van der Waals surface area contributed by atoms with Gasteiger partial charge in [0.25, 0.3) is 0 Å². The first-order chi connectivity index (χ1) is 9.36. The second-order valence-electron chi connectivity index (χ2n) is 4.69. The van der Waals surface area contributed by atoms with Crippen molar-refractivity contribution in [2.24, 2.45) is 0 Å². The van der Waals surface area contributed by atoms with Crippen molar-refractivity contribution in [2.75, 3.05) is 59.7 Å². The first-order valence-electron chi connectivity index (χ1n) is 6.42. The molecule has 0 spiro atoms. The molecule has 1 fully saturated rings. The number of nitrogens with one attached hydrogen (secondary N) is 1. The van der Waals surface area contributed by atoms with Crippen molar-refractivity contribution in [1.82, 2.24) is 14.5 Å². The van der Waals surface area contributed by atoms with Gasteiger partial charge in [0.1, 0.15) is 0 Å². The maximum Gasteiger partial charge on any atom is 0.409 e. The summed E-state index contributed by atoms with van der Waals surface area (Å²) in [6, 6.07) is 0. The van der Waals surface area contributed by atoms with Gasteiger partial charge in [-0.15, -0.1) is 0 Å². The van der Waals surface area contributed by atoms with Gasteiger partial charge in [-0.25, -0.2) is 17.5 Å². The Hall–Kier alpha value is -0.900. The van der Waals surface area contributed by atoms with Gasteiger partial charge in [-0.05, 0) is 0 Å². The summed E-state index contributed by atoms with van der Waals surface area (Å²) in [4.78, 5) is 12.5. The summed E-state index contributed by atoms with van der Waals surface area (Å²) in [6.07, 6.45) is -0.815. The molecule has 1 N–H and O–H groups in total. The molecule has 0 aromatic rings. The summed E-state index contributed by atoms with van der Waals surface area (Å²) >= 11 is 0. The largest absolute Gasteiger partial charge is 0.453 e. The Morgan fingerprint density at radius 3 is 2.65 bits per heavy atom. The first-order valence-corrected chi connectivity index (χ1v) is 8.03. The summed E-state index contributed by atoms with van der Waals surface area (Å²) in [6.45, 7) is 2.29. The fraction of sp³-hybridized carbons (Fsp3) is 0.909. The van der Waals surface area contributed by atoms with E-state index >= 15 is 0 Å². The lowest BCUT2D eigenvalue weighted by molar-refractivity contribution is 0.0424. The molecule has 0 aliphatic carbocycles. The van der Waals surface area contributed by atoms with Gasteiger partial charge in [0, 0.05) is 40.3 Å². The number of nitrogens with zero attached hydrogens (tertiary/aromatic N) is 2. The number of amides is 1. The number of methoxy groups -OCH3 is 1. The van der Waals surface area contributed by atoms with E-state index < -0.39 is 16.1 Å². The highest BCUT2D eigenvalue weighted by Crippen LogP contribution is 2.05. The monoisotopic (exact) mass is 309 g/mol. The number of morpholine rings is 1. The summed E-state index contributed by atoms with van der Waals surface area (Å²) in [5.41, 5.74) is 0. The number of hydrogen-bond acceptors (Lipinski definition) is 6. The van der Waals surface area contributed by atoms with Crippen molar-refractivity contribution >= 4 is 16.1 Å². The first kappa shape index (κ1) is 17.2. The van der Waals surface area contributed by atoms with E-state index in [0.717, 1.165) is 6.54 Å². The molecule has 1 amide bonds. The minimum absolute atomic E-state index is 0.0571. The minimum atomic E-state index is -3.40. The third kappa shape index (κ3) is 5.23. The van der Waals surface area contributed by atoms with E-state index in [1.54, 1.807) is 7.05 Å². The van der Waals surface area contributed by atoms with Gasteiger partial charge >= 0.3 is 6.09 Å². The average molecular weight is 309 g/mol. The molecule has 1 rings (SSSR count). The fourth-order valence-corrected chi connectivity index (χ4v) is 3.06. The Bertz CT molecular complexity index is 408. The van der Waals surface area contributed by atoms with Crippen LogP contribution in [0.3, 0.4) is 0 Å². The molecule has 1 unspecified atom stereocenters. The van der Waals surface area contributed by atoms with E-state index in [9.17, 15) is 13.2 Å². The third-order valence-corrected chi connectivity index (χ3v) is 5.04. The van der Waals surface area contributed by atoms with Crippen molar-refractivity contribution in [3.05, 3.63) is 0 Å². The molecule has 20 heavy (non-hydrogen) atoms. The van der Waals surface area contributed by atoms with E-state index in [1.807, 2.05) is 0 Å². The van der Waals surface area contributed by atoms with Gasteiger partial charge in [-0.2, -0.15) is 0 Å². The van der Waals surface area contributed by atoms with Crippen molar-refractivity contribution < 1.29 is 22.7 Å². The van der Waals surface area contributed by atoms with Gasteiger partial charge < -0.3 is 19.7 Å². The molecule has 9 heteroatoms. The van der Waals surface area contributed by atoms with Crippen LogP contribution in [0, 0.1) is 0 Å². The molecular formula is C11H23N3O5S. The van der Waals surface area contributed by atoms with Crippen LogP contribution in [-0.2, 0) is 19.5 Å². The Balaban J connectivity index is 2.43. The SMILES string of the molecule is COC(=O)N(C)CCN(C)S(=O)(=O)CC1CNCCO1. The molecule has 0 aromatic carbocycles. The highest BCUT2D eigenvalue weighted by atomic mass is 32.2. The Labute approximate surface area is 120 Å². The summed E-state index contributed by atoms with van der Waals surface area (Å²) in [5, 5.41) is 3.09. The van der Waals surface area contributed by atoms with Crippen molar-refractivity contribution in [1.29, 1.82) is 0 Å². The Morgan fingerprint density at radius 2 is 2.10 bits per heavy atom. The van der Waals surface area contributed by atoms with Crippen LogP contribution < -0.4 is 5.32 Å². The van der Waals surface area contributed by atoms with E-state index in [-0.39, 0.29) is 24.9 Å². The lowest BCUT2D eigenvalue weighted by Crippen LogP contribution is -2.46. The molecule has 1 heterocycles. The second kappa shape index (κ2) is 7.77. The van der Waals surface area contributed by atoms with Crippen LogP contribution in [0.1, 0.15) is 0 Å². The Morgan fingerprint density at radius 1 is 1.40 bits per heavy atom. The van der Waals surface area contributed by atoms with Crippen LogP contribution in [0.4, 0.5) is 4.79 Å². The normalized spacial score (nSPS) is 19.9. The molecule has 118 valence electrons. The average Bonchev–Trinajstić information content (AvgIpc) is 2.43. The molecule has 1 atom stereocenters. The standard InChI is InChI=1S/C11H23N3O5S/c1-13(11(15)18-3)5-6-14(2)20(16,17)9-10-8-12-4-7-19-10/h10,12H,4-9H2,1-3H3. The zero-order valence-electron chi connectivity index (χ0n) is 12.2. The molecule has 0 bridgehead atoms. The number of likely N-dealkylation sites (N-methyl/N-ethyl adjacent to an activating group) is 2. The molecule has 1 saturated heterocycles. The highest BCUT2D eigenvalue weighted by Gasteiger charge is 2.25. The zero-order chi connectivity index (χ0) is 15.2. The van der Waals surface area contributed by atoms with Gasteiger partial charge in [0.05, 0.1) is 25.6 Å². The maximum absolute atomic E-state index is 12.1. The number of carbonyl (C=O) groups excluding carboxylic acids is 1. The number of hydrogen-bond donors (Lipinski definition) is 1. The number of ether oxygens (including phenoxy) is 2. The predicted octanol–water partition coefficient (Wildman–Crippen LogP) is -1.07. The lowest BCUT2D eigenvalue weighted by atomic mass is 10.3. The zero-order valence-corrected chi connectivity index (χ0v) is 13.0. The highest BCUT2D eigenvalue weighted by molar-refractivity contribution is 7.89. The van der Waals surface area contributed by atoms with Gasteiger partial charge in [0.15, 0.2) is 0 Å². The van der Waals surface area contributed by atoms with Gasteiger partial charge in [-0.1, -0.05) is 0 Å². The predicted molar refractivity (Wildman–Crippen MR) is 74.1 cm³/mol. The molecule has 1 aliphatic heterocycles. The molecule has 0 radical (unpaired) electrons. The van der Waals surface area contributed by atoms with E-state index in [2.05, 4.69) is 10.1 Å². The molecule has 1 aliphatic rings. The molecule has 0 saturated carbocycles. The molecule has 0 aromatic heterocycles. The van der Waals surface area contributed by atoms with Crippen LogP contribution in [0.15, 0.2) is 0 Å². The van der Waals surface area contributed by atoms with Crippen LogP contribution in [0.5, 0.6) is 0 Å². The lowest BCUT2D eigenvalue weighted by Gasteiger charge is -2.26. The number of sulfonamides is 1. The number of carbonyl (C=O) groups is 1. The van der Waals surface area contributed by atoms with Crippen LogP contribution in [0.2, 0.25) is 0 Å². The minimum Gasteiger partial charge on any atom is -0.453 e. The smallest absolute Gasteiger partial charge is 0.409 e. The van der Waals surface area contributed by atoms with Gasteiger partial charge in [0.2, 0.25) is 10.0 Å². The van der Waals surface area contributed by atoms with Gasteiger partial charge in [-0.3, -0.25) is 0 Å². The van der Waals surface area contributed by atoms with Crippen molar-refractivity contribution in [2.45, 2.75) is 6.10 Å². The van der Waals surface area contributed by atoms with E-state index in [1.165, 1.54) is 23.4 Å². The number of rotatable bonds is 6. The fourth-order valence-electron chi connectivity index (χ4n) is 1.77. The maximum atomic E-state index is 12.1. The summed E-state index contributed by atoms with van der Waals surface area (Å²) in [5.74, 6) is -0.0571. The van der Waals surface area contributed by atoms with Crippen LogP contribution in [0.25, 0.3) is 0 Å². The summed E-state index contributed by atoms with van der Waals surface area (Å²) < 4.78 is 35.4. The third-order valence-electron chi connectivity index (χ3n) is 3.11. The second-order valence-corrected chi connectivity index (χ2v) is 6.81. The summed E-state index contributed by atoms with van der Waals surface area (Å²) in [7, 11) is 0.939. The van der Waals surface area contributed by atoms with E-state index in [0.29, 0.717) is 13.2 Å². The topological polar surface area (TPSA) is 88.2 Å². The molecular weight excluding hydrogens is 286 g/mol. The Kier molecular flexibility index (Phi) is 6.66. The van der Waals surface area contributed by atoms with Crippen molar-refractivity contribution in [3.63, 3.8) is 0 Å². The van der Waals surface area contributed by atoms with E-state index in [4.69, 9.17) is 4.74 Å². The van der Waals surface area contributed by atoms with Crippen LogP contribution >= 0.6 is 0 Å². The van der Waals surface area contributed by atoms with Crippen LogP contribution in [-0.4, -0.2) is 89.6 Å². The van der Waals surface area contributed by atoms with Crippen molar-refractivity contribution in [3.8, 4) is 0 Å². The quantitative estimate of drug-likeness (QED) is 0.672. The molecule has 8 nitrogen and oxygen atoms in total.